The lowest BCUT2D eigenvalue weighted by atomic mass is 10.3. The molecule has 1 aliphatic heterocycles. The van der Waals surface area contributed by atoms with Crippen LogP contribution in [0.15, 0.2) is 33.9 Å². The van der Waals surface area contributed by atoms with E-state index in [0.717, 1.165) is 4.57 Å². The Morgan fingerprint density at radius 1 is 1.12 bits per heavy atom. The Morgan fingerprint density at radius 2 is 1.88 bits per heavy atom. The summed E-state index contributed by atoms with van der Waals surface area (Å²) in [6.45, 7) is -0.00120. The largest absolute Gasteiger partial charge is 0.332 e. The van der Waals surface area contributed by atoms with Gasteiger partial charge in [0.15, 0.2) is 11.2 Å². The number of benzene rings is 1. The second-order valence-electron chi connectivity index (χ2n) is 5.58. The summed E-state index contributed by atoms with van der Waals surface area (Å²) in [6, 6.07) is 6.81. The van der Waals surface area contributed by atoms with Gasteiger partial charge in [-0.15, -0.1) is 0 Å². The summed E-state index contributed by atoms with van der Waals surface area (Å²) in [4.78, 5) is 42.7. The van der Waals surface area contributed by atoms with Gasteiger partial charge in [-0.3, -0.25) is 23.3 Å². The third-order valence-electron chi connectivity index (χ3n) is 4.13. The van der Waals surface area contributed by atoms with Crippen LogP contribution in [-0.4, -0.2) is 24.6 Å². The molecule has 0 spiro atoms. The van der Waals surface area contributed by atoms with Crippen molar-refractivity contribution in [3.8, 4) is 0 Å². The highest BCUT2D eigenvalue weighted by Gasteiger charge is 2.34. The molecule has 0 bridgehead atoms. The number of carbonyl (C=O) groups is 1. The molecule has 2 aromatic heterocycles. The van der Waals surface area contributed by atoms with Gasteiger partial charge in [0.25, 0.3) is 11.5 Å². The van der Waals surface area contributed by atoms with Crippen LogP contribution in [0.2, 0.25) is 5.02 Å². The normalized spacial score (nSPS) is 13.8. The number of imidazole rings is 1. The molecule has 24 heavy (non-hydrogen) atoms. The van der Waals surface area contributed by atoms with Gasteiger partial charge in [-0.05, 0) is 18.2 Å². The number of hydrogen-bond acceptors (Lipinski definition) is 4. The lowest BCUT2D eigenvalue weighted by Gasteiger charge is -2.14. The Bertz CT molecular complexity index is 1140. The molecule has 0 saturated heterocycles. The minimum Gasteiger partial charge on any atom is -0.286 e. The Morgan fingerprint density at radius 3 is 2.58 bits per heavy atom. The summed E-state index contributed by atoms with van der Waals surface area (Å²) < 4.78 is 3.89. The monoisotopic (exact) mass is 345 g/mol. The minimum atomic E-state index is -0.492. The topological polar surface area (TPSA) is 82.1 Å². The van der Waals surface area contributed by atoms with Crippen molar-refractivity contribution in [1.29, 1.82) is 0 Å². The van der Waals surface area contributed by atoms with Crippen molar-refractivity contribution in [2.24, 2.45) is 14.1 Å². The molecule has 8 nitrogen and oxygen atoms in total. The van der Waals surface area contributed by atoms with Crippen LogP contribution in [-0.2, 0) is 25.4 Å². The Kier molecular flexibility index (Phi) is 2.95. The fourth-order valence-electron chi connectivity index (χ4n) is 2.99. The third kappa shape index (κ3) is 1.80. The fourth-order valence-corrected chi connectivity index (χ4v) is 3.17. The molecule has 1 amide bonds. The Labute approximate surface area is 140 Å². The lowest BCUT2D eigenvalue weighted by Crippen LogP contribution is -2.37. The van der Waals surface area contributed by atoms with Crippen molar-refractivity contribution >= 4 is 40.3 Å². The molecule has 0 aliphatic carbocycles. The highest BCUT2D eigenvalue weighted by atomic mass is 35.5. The van der Waals surface area contributed by atoms with E-state index in [2.05, 4.69) is 4.98 Å². The molecule has 0 radical (unpaired) electrons. The van der Waals surface area contributed by atoms with E-state index in [1.165, 1.54) is 16.5 Å². The first-order valence-corrected chi connectivity index (χ1v) is 7.52. The summed E-state index contributed by atoms with van der Waals surface area (Å²) in [5.74, 6) is 0.0883. The highest BCUT2D eigenvalue weighted by molar-refractivity contribution is 6.31. The van der Waals surface area contributed by atoms with Crippen molar-refractivity contribution in [2.45, 2.75) is 6.54 Å². The maximum Gasteiger partial charge on any atom is 0.332 e. The molecule has 1 aromatic carbocycles. The number of nitrogens with zero attached hydrogens (tertiary/aromatic N) is 5. The van der Waals surface area contributed by atoms with Crippen molar-refractivity contribution in [3.05, 3.63) is 50.1 Å². The van der Waals surface area contributed by atoms with Gasteiger partial charge in [-0.1, -0.05) is 17.7 Å². The summed E-state index contributed by atoms with van der Waals surface area (Å²) in [7, 11) is 2.94. The molecule has 9 heteroatoms. The fraction of sp³-hybridized carbons (Fsp3) is 0.200. The maximum absolute atomic E-state index is 12.4. The second kappa shape index (κ2) is 4.81. The maximum atomic E-state index is 12.4. The second-order valence-corrected chi connectivity index (χ2v) is 6.02. The molecule has 4 rings (SSSR count). The molecule has 0 unspecified atom stereocenters. The average Bonchev–Trinajstić information content (AvgIpc) is 3.05. The van der Waals surface area contributed by atoms with Crippen molar-refractivity contribution in [2.75, 3.05) is 4.90 Å². The number of carbonyl (C=O) groups excluding carboxylic acids is 1. The van der Waals surface area contributed by atoms with Crippen LogP contribution >= 0.6 is 11.6 Å². The number of fused-ring (bicyclic) bond motifs is 3. The zero-order chi connectivity index (χ0) is 17.2. The first-order valence-electron chi connectivity index (χ1n) is 7.15. The molecule has 0 fully saturated rings. The highest BCUT2D eigenvalue weighted by Crippen LogP contribution is 2.33. The lowest BCUT2D eigenvalue weighted by molar-refractivity contribution is -0.117. The molecule has 3 heterocycles. The predicted octanol–water partition coefficient (Wildman–Crippen LogP) is 0.765. The zero-order valence-corrected chi connectivity index (χ0v) is 13.6. The quantitative estimate of drug-likeness (QED) is 0.652. The van der Waals surface area contributed by atoms with Gasteiger partial charge in [0, 0.05) is 19.1 Å². The van der Waals surface area contributed by atoms with Gasteiger partial charge in [-0.25, -0.2) is 14.7 Å². The number of aromatic nitrogens is 4. The average molecular weight is 346 g/mol. The molecule has 0 saturated carbocycles. The van der Waals surface area contributed by atoms with Crippen LogP contribution in [0.3, 0.4) is 0 Å². The molecule has 1 aliphatic rings. The predicted molar refractivity (Wildman–Crippen MR) is 88.8 cm³/mol. The molecular weight excluding hydrogens is 334 g/mol. The van der Waals surface area contributed by atoms with E-state index in [9.17, 15) is 14.4 Å². The van der Waals surface area contributed by atoms with Crippen LogP contribution in [0.25, 0.3) is 11.2 Å². The Hall–Kier alpha value is -2.87. The van der Waals surface area contributed by atoms with Gasteiger partial charge < -0.3 is 0 Å². The van der Waals surface area contributed by atoms with Gasteiger partial charge in [0.1, 0.15) is 6.54 Å². The number of halogens is 1. The number of hydrogen-bond donors (Lipinski definition) is 0. The number of anilines is 2. The van der Waals surface area contributed by atoms with Crippen LogP contribution in [0.5, 0.6) is 0 Å². The minimum absolute atomic E-state index is 0.00120. The number of rotatable bonds is 1. The van der Waals surface area contributed by atoms with E-state index in [-0.39, 0.29) is 18.0 Å². The molecule has 122 valence electrons. The van der Waals surface area contributed by atoms with Crippen molar-refractivity contribution < 1.29 is 4.79 Å². The van der Waals surface area contributed by atoms with Gasteiger partial charge in [0.05, 0.1) is 5.69 Å². The first-order chi connectivity index (χ1) is 11.4. The summed E-state index contributed by atoms with van der Waals surface area (Å²) in [5.41, 5.74) is 0.0748. The zero-order valence-electron chi connectivity index (χ0n) is 12.9. The van der Waals surface area contributed by atoms with E-state index in [1.54, 1.807) is 35.9 Å². The summed E-state index contributed by atoms with van der Waals surface area (Å²) in [6.07, 6.45) is 0. The molecule has 0 N–H and O–H groups in total. The summed E-state index contributed by atoms with van der Waals surface area (Å²) >= 11 is 6.00. The van der Waals surface area contributed by atoms with Crippen LogP contribution in [0.1, 0.15) is 0 Å². The van der Waals surface area contributed by atoms with Crippen LogP contribution < -0.4 is 16.1 Å². The van der Waals surface area contributed by atoms with Gasteiger partial charge in [-0.2, -0.15) is 0 Å². The van der Waals surface area contributed by atoms with Crippen molar-refractivity contribution in [1.82, 2.24) is 18.7 Å². The van der Waals surface area contributed by atoms with Crippen molar-refractivity contribution in [3.63, 3.8) is 0 Å². The molecule has 0 atom stereocenters. The standard InChI is InChI=1S/C15H12ClN5O3/c1-18-12-11(13(23)19(2)15(18)24)17-14-20(12)7-10(22)21(14)9-5-3-4-8(16)6-9/h3-6H,7H2,1-2H3. The van der Waals surface area contributed by atoms with E-state index < -0.39 is 11.2 Å². The van der Waals surface area contributed by atoms with Gasteiger partial charge >= 0.3 is 5.69 Å². The first kappa shape index (κ1) is 14.7. The van der Waals surface area contributed by atoms with Gasteiger partial charge in [0.2, 0.25) is 5.95 Å². The van der Waals surface area contributed by atoms with E-state index >= 15 is 0 Å². The number of amides is 1. The third-order valence-corrected chi connectivity index (χ3v) is 4.36. The molecule has 3 aromatic rings. The van der Waals surface area contributed by atoms with E-state index in [1.807, 2.05) is 0 Å². The Balaban J connectivity index is 2.06. The van der Waals surface area contributed by atoms with E-state index in [4.69, 9.17) is 11.6 Å². The van der Waals surface area contributed by atoms with Crippen LogP contribution in [0, 0.1) is 0 Å². The smallest absolute Gasteiger partial charge is 0.286 e. The molecular formula is C15H12ClN5O3. The summed E-state index contributed by atoms with van der Waals surface area (Å²) in [5, 5.41) is 0.484. The van der Waals surface area contributed by atoms with Crippen LogP contribution in [0.4, 0.5) is 11.6 Å². The SMILES string of the molecule is Cn1c(=O)c2nc3n(c2n(C)c1=O)CC(=O)N3c1cccc(Cl)c1. The van der Waals surface area contributed by atoms with E-state index in [0.29, 0.717) is 22.3 Å². The number of aryl methyl sites for hydroxylation is 1.